The second-order valence-corrected chi connectivity index (χ2v) is 7.41. The van der Waals surface area contributed by atoms with Crippen LogP contribution in [0, 0.1) is 11.3 Å². The molecule has 0 radical (unpaired) electrons. The third kappa shape index (κ3) is 3.87. The van der Waals surface area contributed by atoms with E-state index in [0.717, 1.165) is 5.00 Å². The second-order valence-electron chi connectivity index (χ2n) is 5.57. The SMILES string of the molecule is C=NN/C(=N\N)c1sc(N2CCOCC2)c(C#N)c1-c1ccc(Cl)cc1Cl. The molecular weight excluding hydrogens is 407 g/mol. The number of hydrogen-bond acceptors (Lipinski definition) is 7. The summed E-state index contributed by atoms with van der Waals surface area (Å²) < 4.78 is 5.42. The molecule has 0 aliphatic carbocycles. The lowest BCUT2D eigenvalue weighted by Gasteiger charge is -2.27. The molecule has 0 saturated carbocycles. The summed E-state index contributed by atoms with van der Waals surface area (Å²) in [5.74, 6) is 5.85. The first kappa shape index (κ1) is 19.5. The van der Waals surface area contributed by atoms with Crippen molar-refractivity contribution >= 4 is 52.1 Å². The Hall–Kier alpha value is -2.31. The molecular formula is C17H16Cl2N6OS. The summed E-state index contributed by atoms with van der Waals surface area (Å²) in [7, 11) is 0. The number of amidine groups is 1. The first-order valence-corrected chi connectivity index (χ1v) is 9.53. The molecule has 1 aliphatic rings. The number of morpholine rings is 1. The van der Waals surface area contributed by atoms with Crippen LogP contribution in [0.25, 0.3) is 11.1 Å². The molecule has 1 saturated heterocycles. The number of thiophene rings is 1. The zero-order valence-electron chi connectivity index (χ0n) is 14.2. The Labute approximate surface area is 170 Å². The van der Waals surface area contributed by atoms with E-state index in [1.165, 1.54) is 11.3 Å². The van der Waals surface area contributed by atoms with Crippen LogP contribution >= 0.6 is 34.5 Å². The molecule has 0 unspecified atom stereocenters. The molecule has 1 aliphatic heterocycles. The number of nitrogens with two attached hydrogens (primary N) is 1. The summed E-state index contributed by atoms with van der Waals surface area (Å²) in [6, 6.07) is 7.44. The van der Waals surface area contributed by atoms with Crippen LogP contribution in [0.15, 0.2) is 28.4 Å². The highest BCUT2D eigenvalue weighted by Crippen LogP contribution is 2.44. The first-order valence-electron chi connectivity index (χ1n) is 7.95. The van der Waals surface area contributed by atoms with Gasteiger partial charge in [-0.05, 0) is 12.1 Å². The summed E-state index contributed by atoms with van der Waals surface area (Å²) >= 11 is 13.9. The summed E-state index contributed by atoms with van der Waals surface area (Å²) in [6.07, 6.45) is 0. The fraction of sp³-hybridized carbons (Fsp3) is 0.235. The topological polar surface area (TPSA) is 99.0 Å². The van der Waals surface area contributed by atoms with Gasteiger partial charge < -0.3 is 15.5 Å². The van der Waals surface area contributed by atoms with Crippen LogP contribution in [0.2, 0.25) is 10.0 Å². The van der Waals surface area contributed by atoms with Gasteiger partial charge in [0, 0.05) is 41.0 Å². The number of anilines is 1. The van der Waals surface area contributed by atoms with Crippen LogP contribution in [0.4, 0.5) is 5.00 Å². The molecule has 3 rings (SSSR count). The molecule has 0 atom stereocenters. The van der Waals surface area contributed by atoms with Crippen LogP contribution < -0.4 is 16.2 Å². The lowest BCUT2D eigenvalue weighted by atomic mass is 10.0. The molecule has 1 aromatic carbocycles. The van der Waals surface area contributed by atoms with Gasteiger partial charge >= 0.3 is 0 Å². The smallest absolute Gasteiger partial charge is 0.183 e. The van der Waals surface area contributed by atoms with Crippen molar-refractivity contribution in [3.05, 3.63) is 38.7 Å². The quantitative estimate of drug-likeness (QED) is 0.341. The Bertz CT molecular complexity index is 930. The lowest BCUT2D eigenvalue weighted by Crippen LogP contribution is -2.36. The van der Waals surface area contributed by atoms with Gasteiger partial charge in [0.2, 0.25) is 0 Å². The standard InChI is InChI=1S/C17H16Cl2N6OS/c1-22-24-16(23-21)15-14(11-3-2-10(18)8-13(11)19)12(9-20)17(27-15)25-4-6-26-7-5-25/h2-3,8H,1,4-7,21H2,(H,23,24). The van der Waals surface area contributed by atoms with Gasteiger partial charge in [-0.3, -0.25) is 5.43 Å². The van der Waals surface area contributed by atoms with E-state index in [9.17, 15) is 5.26 Å². The minimum absolute atomic E-state index is 0.298. The molecule has 10 heteroatoms. The number of nitriles is 1. The van der Waals surface area contributed by atoms with Crippen molar-refractivity contribution in [3.63, 3.8) is 0 Å². The Morgan fingerprint density at radius 2 is 2.11 bits per heavy atom. The van der Waals surface area contributed by atoms with Gasteiger partial charge in [0.05, 0.1) is 23.7 Å². The number of nitrogens with zero attached hydrogens (tertiary/aromatic N) is 4. The zero-order chi connectivity index (χ0) is 19.4. The van der Waals surface area contributed by atoms with Crippen molar-refractivity contribution in [1.29, 1.82) is 5.26 Å². The summed E-state index contributed by atoms with van der Waals surface area (Å²) in [4.78, 5) is 2.76. The highest BCUT2D eigenvalue weighted by atomic mass is 35.5. The number of halogens is 2. The van der Waals surface area contributed by atoms with Gasteiger partial charge in [0.15, 0.2) is 5.84 Å². The predicted molar refractivity (Wildman–Crippen MR) is 111 cm³/mol. The van der Waals surface area contributed by atoms with E-state index in [1.807, 2.05) is 0 Å². The van der Waals surface area contributed by atoms with Crippen LogP contribution in [0.5, 0.6) is 0 Å². The van der Waals surface area contributed by atoms with Crippen LogP contribution in [0.1, 0.15) is 10.4 Å². The fourth-order valence-electron chi connectivity index (χ4n) is 2.84. The zero-order valence-corrected chi connectivity index (χ0v) is 16.5. The molecule has 2 heterocycles. The van der Waals surface area contributed by atoms with Crippen LogP contribution in [-0.2, 0) is 4.74 Å². The van der Waals surface area contributed by atoms with Crippen LogP contribution in [-0.4, -0.2) is 38.9 Å². The number of rotatable bonds is 4. The van der Waals surface area contributed by atoms with E-state index in [4.69, 9.17) is 33.8 Å². The third-order valence-electron chi connectivity index (χ3n) is 4.03. The molecule has 7 nitrogen and oxygen atoms in total. The van der Waals surface area contributed by atoms with Gasteiger partial charge in [-0.1, -0.05) is 29.3 Å². The molecule has 140 valence electrons. The molecule has 27 heavy (non-hydrogen) atoms. The van der Waals surface area contributed by atoms with Gasteiger partial charge in [0.25, 0.3) is 0 Å². The van der Waals surface area contributed by atoms with E-state index in [2.05, 4.69) is 33.3 Å². The summed E-state index contributed by atoms with van der Waals surface area (Å²) in [6.45, 7) is 5.98. The lowest BCUT2D eigenvalue weighted by molar-refractivity contribution is 0.123. The average Bonchev–Trinajstić information content (AvgIpc) is 3.06. The van der Waals surface area contributed by atoms with E-state index in [-0.39, 0.29) is 0 Å². The number of ether oxygens (including phenoxy) is 1. The van der Waals surface area contributed by atoms with E-state index < -0.39 is 0 Å². The van der Waals surface area contributed by atoms with E-state index >= 15 is 0 Å². The van der Waals surface area contributed by atoms with Gasteiger partial charge in [0.1, 0.15) is 11.1 Å². The Kier molecular flexibility index (Phi) is 6.19. The Balaban J connectivity index is 2.26. The van der Waals surface area contributed by atoms with Gasteiger partial charge in [-0.15, -0.1) is 11.3 Å². The van der Waals surface area contributed by atoms with Gasteiger partial charge in [-0.25, -0.2) is 0 Å². The maximum absolute atomic E-state index is 9.94. The number of hydrogen-bond donors (Lipinski definition) is 2. The molecule has 0 amide bonds. The predicted octanol–water partition coefficient (Wildman–Crippen LogP) is 3.26. The minimum Gasteiger partial charge on any atom is -0.378 e. The highest BCUT2D eigenvalue weighted by molar-refractivity contribution is 7.19. The Morgan fingerprint density at radius 3 is 2.70 bits per heavy atom. The van der Waals surface area contributed by atoms with Crippen molar-refractivity contribution in [1.82, 2.24) is 5.43 Å². The first-order chi connectivity index (χ1) is 13.1. The number of nitrogens with one attached hydrogen (secondary N) is 1. The van der Waals surface area contributed by atoms with Crippen molar-refractivity contribution in [2.24, 2.45) is 16.0 Å². The van der Waals surface area contributed by atoms with Crippen molar-refractivity contribution in [2.75, 3.05) is 31.2 Å². The van der Waals surface area contributed by atoms with E-state index in [1.54, 1.807) is 18.2 Å². The largest absolute Gasteiger partial charge is 0.378 e. The minimum atomic E-state index is 0.298. The summed E-state index contributed by atoms with van der Waals surface area (Å²) in [5.41, 5.74) is 4.47. The summed E-state index contributed by atoms with van der Waals surface area (Å²) in [5, 5.41) is 19.1. The highest BCUT2D eigenvalue weighted by Gasteiger charge is 2.28. The Morgan fingerprint density at radius 1 is 1.37 bits per heavy atom. The van der Waals surface area contributed by atoms with Crippen molar-refractivity contribution < 1.29 is 4.74 Å². The molecule has 0 spiro atoms. The maximum Gasteiger partial charge on any atom is 0.183 e. The monoisotopic (exact) mass is 422 g/mol. The van der Waals surface area contributed by atoms with E-state index in [0.29, 0.717) is 63.8 Å². The average molecular weight is 423 g/mol. The third-order valence-corrected chi connectivity index (χ3v) is 5.83. The molecule has 0 bridgehead atoms. The molecule has 3 N–H and O–H groups in total. The number of hydrazone groups is 2. The molecule has 1 aromatic heterocycles. The number of benzene rings is 1. The maximum atomic E-state index is 9.94. The molecule has 1 fully saturated rings. The normalized spacial score (nSPS) is 14.7. The molecule has 2 aromatic rings. The second kappa shape index (κ2) is 8.59. The fourth-order valence-corrected chi connectivity index (χ4v) is 4.61. The van der Waals surface area contributed by atoms with Crippen molar-refractivity contribution in [3.8, 4) is 17.2 Å². The van der Waals surface area contributed by atoms with Crippen molar-refractivity contribution in [2.45, 2.75) is 0 Å². The van der Waals surface area contributed by atoms with Crippen LogP contribution in [0.3, 0.4) is 0 Å². The van der Waals surface area contributed by atoms with Gasteiger partial charge in [-0.2, -0.15) is 15.5 Å².